The van der Waals surface area contributed by atoms with Gasteiger partial charge < -0.3 is 10.6 Å². The lowest BCUT2D eigenvalue weighted by Crippen LogP contribution is -2.48. The number of rotatable bonds is 5. The number of thiophene rings is 1. The molecule has 2 heterocycles. The molecule has 1 aliphatic rings. The molecule has 2 aromatic rings. The Kier molecular flexibility index (Phi) is 9.28. The Morgan fingerprint density at radius 1 is 1.04 bits per heavy atom. The number of benzene rings is 1. The van der Waals surface area contributed by atoms with Crippen molar-refractivity contribution in [1.29, 1.82) is 0 Å². The van der Waals surface area contributed by atoms with Crippen molar-refractivity contribution in [1.82, 2.24) is 9.80 Å². The van der Waals surface area contributed by atoms with Gasteiger partial charge in [-0.2, -0.15) is 0 Å². The van der Waals surface area contributed by atoms with Gasteiger partial charge in [-0.1, -0.05) is 24.3 Å². The summed E-state index contributed by atoms with van der Waals surface area (Å²) in [4.78, 5) is 18.2. The summed E-state index contributed by atoms with van der Waals surface area (Å²) in [7, 11) is 0. The second-order valence-corrected chi connectivity index (χ2v) is 6.97. The Balaban J connectivity index is 0.00000156. The van der Waals surface area contributed by atoms with Crippen molar-refractivity contribution >= 4 is 47.7 Å². The minimum absolute atomic E-state index is 0. The van der Waals surface area contributed by atoms with Gasteiger partial charge in [0, 0.05) is 49.7 Å². The molecule has 0 aliphatic carbocycles. The van der Waals surface area contributed by atoms with Crippen LogP contribution in [0.4, 0.5) is 5.69 Å². The number of aryl methyl sites for hydroxylation is 1. The third-order valence-electron chi connectivity index (χ3n) is 4.35. The molecular weight excluding hydrogens is 377 g/mol. The van der Waals surface area contributed by atoms with Crippen molar-refractivity contribution in [2.24, 2.45) is 0 Å². The summed E-state index contributed by atoms with van der Waals surface area (Å²) >= 11 is 1.80. The molecule has 1 aromatic carbocycles. The predicted molar refractivity (Wildman–Crippen MR) is 110 cm³/mol. The quantitative estimate of drug-likeness (QED) is 0.780. The monoisotopic (exact) mass is 401 g/mol. The zero-order chi connectivity index (χ0) is 16.1. The van der Waals surface area contributed by atoms with Crippen LogP contribution in [0.2, 0.25) is 0 Å². The van der Waals surface area contributed by atoms with E-state index < -0.39 is 0 Å². The number of nitrogens with two attached hydrogens (primary N) is 1. The SMILES string of the molecule is Cl.Cl.Nc1ccccc1CCC(=O)N1CCN(Cc2cccs2)CC1. The maximum atomic E-state index is 12.4. The van der Waals surface area contributed by atoms with Gasteiger partial charge >= 0.3 is 0 Å². The van der Waals surface area contributed by atoms with Crippen LogP contribution in [0, 0.1) is 0 Å². The average Bonchev–Trinajstić information content (AvgIpc) is 3.07. The van der Waals surface area contributed by atoms with E-state index in [9.17, 15) is 4.79 Å². The number of nitrogen functional groups attached to an aromatic ring is 1. The summed E-state index contributed by atoms with van der Waals surface area (Å²) in [5, 5.41) is 2.12. The van der Waals surface area contributed by atoms with E-state index in [-0.39, 0.29) is 30.7 Å². The highest BCUT2D eigenvalue weighted by atomic mass is 35.5. The van der Waals surface area contributed by atoms with Gasteiger partial charge in [-0.3, -0.25) is 9.69 Å². The Morgan fingerprint density at radius 2 is 1.76 bits per heavy atom. The molecule has 0 radical (unpaired) electrons. The van der Waals surface area contributed by atoms with E-state index >= 15 is 0 Å². The smallest absolute Gasteiger partial charge is 0.222 e. The summed E-state index contributed by atoms with van der Waals surface area (Å²) in [5.74, 6) is 0.240. The van der Waals surface area contributed by atoms with Crippen LogP contribution in [-0.2, 0) is 17.8 Å². The largest absolute Gasteiger partial charge is 0.399 e. The van der Waals surface area contributed by atoms with Crippen molar-refractivity contribution in [3.8, 4) is 0 Å². The summed E-state index contributed by atoms with van der Waals surface area (Å²) in [6.07, 6.45) is 1.26. The summed E-state index contributed by atoms with van der Waals surface area (Å²) in [6.45, 7) is 4.57. The van der Waals surface area contributed by atoms with Gasteiger partial charge in [0.2, 0.25) is 5.91 Å². The van der Waals surface area contributed by atoms with Crippen molar-refractivity contribution in [2.75, 3.05) is 31.9 Å². The number of carbonyl (C=O) groups excluding carboxylic acids is 1. The fourth-order valence-corrected chi connectivity index (χ4v) is 3.69. The average molecular weight is 402 g/mol. The number of hydrogen-bond acceptors (Lipinski definition) is 4. The third kappa shape index (κ3) is 6.19. The van der Waals surface area contributed by atoms with Crippen LogP contribution in [0.5, 0.6) is 0 Å². The summed E-state index contributed by atoms with van der Waals surface area (Å²) in [5.41, 5.74) is 7.78. The maximum Gasteiger partial charge on any atom is 0.222 e. The highest BCUT2D eigenvalue weighted by molar-refractivity contribution is 7.09. The fraction of sp³-hybridized carbons (Fsp3) is 0.389. The first-order chi connectivity index (χ1) is 11.2. The van der Waals surface area contributed by atoms with E-state index in [1.165, 1.54) is 4.88 Å². The summed E-state index contributed by atoms with van der Waals surface area (Å²) < 4.78 is 0. The topological polar surface area (TPSA) is 49.6 Å². The Morgan fingerprint density at radius 3 is 2.40 bits per heavy atom. The van der Waals surface area contributed by atoms with Crippen LogP contribution in [0.3, 0.4) is 0 Å². The molecule has 25 heavy (non-hydrogen) atoms. The Hall–Kier alpha value is -1.27. The molecule has 0 saturated carbocycles. The predicted octanol–water partition coefficient (Wildman–Crippen LogP) is 3.45. The minimum Gasteiger partial charge on any atom is -0.399 e. The van der Waals surface area contributed by atoms with Crippen molar-refractivity contribution < 1.29 is 4.79 Å². The van der Waals surface area contributed by atoms with E-state index in [2.05, 4.69) is 22.4 Å². The molecule has 1 saturated heterocycles. The van der Waals surface area contributed by atoms with Crippen LogP contribution in [0.25, 0.3) is 0 Å². The molecule has 1 fully saturated rings. The van der Waals surface area contributed by atoms with Crippen LogP contribution in [0.15, 0.2) is 41.8 Å². The Labute approximate surface area is 165 Å². The van der Waals surface area contributed by atoms with E-state index in [4.69, 9.17) is 5.73 Å². The van der Waals surface area contributed by atoms with Gasteiger partial charge in [0.1, 0.15) is 0 Å². The first kappa shape index (κ1) is 21.8. The van der Waals surface area contributed by atoms with Gasteiger partial charge in [0.05, 0.1) is 0 Å². The fourth-order valence-electron chi connectivity index (χ4n) is 2.94. The van der Waals surface area contributed by atoms with Crippen molar-refractivity contribution in [3.05, 3.63) is 52.2 Å². The molecule has 1 aromatic heterocycles. The number of carbonyl (C=O) groups is 1. The van der Waals surface area contributed by atoms with Gasteiger partial charge in [0.15, 0.2) is 0 Å². The van der Waals surface area contributed by atoms with E-state index in [1.54, 1.807) is 11.3 Å². The van der Waals surface area contributed by atoms with Crippen molar-refractivity contribution in [3.63, 3.8) is 0 Å². The molecule has 0 atom stereocenters. The van der Waals surface area contributed by atoms with E-state index in [0.29, 0.717) is 6.42 Å². The first-order valence-corrected chi connectivity index (χ1v) is 8.96. The van der Waals surface area contributed by atoms with Crippen LogP contribution in [-0.4, -0.2) is 41.9 Å². The van der Waals surface area contributed by atoms with Gasteiger partial charge in [-0.05, 0) is 29.5 Å². The standard InChI is InChI=1S/C18H23N3OS.2ClH/c19-17-6-2-1-4-15(17)7-8-18(22)21-11-9-20(10-12-21)14-16-5-3-13-23-16;;/h1-6,13H,7-12,14,19H2;2*1H. The zero-order valence-corrected chi connectivity index (χ0v) is 16.5. The van der Waals surface area contributed by atoms with Crippen molar-refractivity contribution in [2.45, 2.75) is 19.4 Å². The molecule has 7 heteroatoms. The Bertz CT molecular complexity index is 644. The number of halogens is 2. The number of amides is 1. The van der Waals surface area contributed by atoms with E-state index in [0.717, 1.165) is 50.4 Å². The first-order valence-electron chi connectivity index (χ1n) is 8.08. The maximum absolute atomic E-state index is 12.4. The van der Waals surface area contributed by atoms with Gasteiger partial charge in [-0.15, -0.1) is 36.2 Å². The molecule has 0 spiro atoms. The zero-order valence-electron chi connectivity index (χ0n) is 14.1. The molecule has 1 amide bonds. The lowest BCUT2D eigenvalue weighted by Gasteiger charge is -2.34. The number of hydrogen-bond donors (Lipinski definition) is 1. The van der Waals surface area contributed by atoms with Crippen LogP contribution in [0.1, 0.15) is 16.9 Å². The van der Waals surface area contributed by atoms with Gasteiger partial charge in [-0.25, -0.2) is 0 Å². The molecule has 0 unspecified atom stereocenters. The molecular formula is C18H25Cl2N3OS. The second-order valence-electron chi connectivity index (χ2n) is 5.94. The lowest BCUT2D eigenvalue weighted by molar-refractivity contribution is -0.132. The van der Waals surface area contributed by atoms with Gasteiger partial charge in [0.25, 0.3) is 0 Å². The third-order valence-corrected chi connectivity index (χ3v) is 5.21. The molecule has 3 rings (SSSR count). The van der Waals surface area contributed by atoms with Crippen LogP contribution < -0.4 is 5.73 Å². The molecule has 138 valence electrons. The summed E-state index contributed by atoms with van der Waals surface area (Å²) in [6, 6.07) is 12.1. The van der Waals surface area contributed by atoms with Crippen LogP contribution >= 0.6 is 36.2 Å². The number of piperazine rings is 1. The highest BCUT2D eigenvalue weighted by Gasteiger charge is 2.21. The van der Waals surface area contributed by atoms with E-state index in [1.807, 2.05) is 29.2 Å². The second kappa shape index (κ2) is 10.7. The highest BCUT2D eigenvalue weighted by Crippen LogP contribution is 2.16. The number of anilines is 1. The number of nitrogens with zero attached hydrogens (tertiary/aromatic N) is 2. The molecule has 4 nitrogen and oxygen atoms in total. The molecule has 0 bridgehead atoms. The minimum atomic E-state index is 0. The number of para-hydroxylation sites is 1. The lowest BCUT2D eigenvalue weighted by atomic mass is 10.1. The molecule has 2 N–H and O–H groups in total. The molecule has 1 aliphatic heterocycles. The normalized spacial score (nSPS) is 14.5.